The Morgan fingerprint density at radius 3 is 1.52 bits per heavy atom. The molecule has 42 heavy (non-hydrogen) atoms. The highest BCUT2D eigenvalue weighted by Crippen LogP contribution is 2.35. The molecule has 0 atom stereocenters. The van der Waals surface area contributed by atoms with Crippen molar-refractivity contribution >= 4 is 54.4 Å². The molecule has 2 heterocycles. The smallest absolute Gasteiger partial charge is 0.0541 e. The molecule has 0 aliphatic carbocycles. The number of benzene rings is 7. The lowest BCUT2D eigenvalue weighted by molar-refractivity contribution is 1.18. The van der Waals surface area contributed by atoms with E-state index in [1.807, 2.05) is 0 Å². The van der Waals surface area contributed by atoms with Gasteiger partial charge >= 0.3 is 0 Å². The van der Waals surface area contributed by atoms with Crippen molar-refractivity contribution in [3.63, 3.8) is 0 Å². The van der Waals surface area contributed by atoms with E-state index in [0.29, 0.717) is 0 Å². The van der Waals surface area contributed by atoms with E-state index in [4.69, 9.17) is 0 Å². The van der Waals surface area contributed by atoms with Gasteiger partial charge in [-0.3, -0.25) is 0 Å². The van der Waals surface area contributed by atoms with Crippen LogP contribution < -0.4 is 0 Å². The Balaban J connectivity index is 1.13. The molecule has 9 rings (SSSR count). The standard InChI is InChI=1S/C40H26N2/c1-2-8-28-23-29(14-13-26(28)7-1)31-18-22-38-36(25-31)35-24-30(17-21-37(35)41-38)27-15-19-32(20-16-27)42-39-11-5-3-9-33(39)34-10-4-6-12-40(34)42/h1-25,41H. The number of nitrogens with zero attached hydrogens (tertiary/aromatic N) is 1. The molecule has 2 heteroatoms. The normalized spacial score (nSPS) is 11.8. The summed E-state index contributed by atoms with van der Waals surface area (Å²) in [5, 5.41) is 7.59. The van der Waals surface area contributed by atoms with Crippen molar-refractivity contribution in [2.45, 2.75) is 0 Å². The van der Waals surface area contributed by atoms with E-state index in [-0.39, 0.29) is 0 Å². The first-order valence-electron chi connectivity index (χ1n) is 14.4. The van der Waals surface area contributed by atoms with Crippen LogP contribution in [-0.2, 0) is 0 Å². The lowest BCUT2D eigenvalue weighted by atomic mass is 9.98. The molecule has 1 N–H and O–H groups in total. The van der Waals surface area contributed by atoms with Crippen molar-refractivity contribution in [1.82, 2.24) is 9.55 Å². The number of hydrogen-bond acceptors (Lipinski definition) is 0. The van der Waals surface area contributed by atoms with Crippen LogP contribution >= 0.6 is 0 Å². The van der Waals surface area contributed by atoms with Crippen molar-refractivity contribution < 1.29 is 0 Å². The second-order valence-corrected chi connectivity index (χ2v) is 11.1. The van der Waals surface area contributed by atoms with E-state index in [9.17, 15) is 0 Å². The number of aromatic amines is 1. The molecule has 196 valence electrons. The summed E-state index contributed by atoms with van der Waals surface area (Å²) in [6, 6.07) is 55.1. The van der Waals surface area contributed by atoms with Gasteiger partial charge in [0.05, 0.1) is 11.0 Å². The molecule has 9 aromatic rings. The van der Waals surface area contributed by atoms with Crippen molar-refractivity contribution in [1.29, 1.82) is 0 Å². The topological polar surface area (TPSA) is 20.7 Å². The third-order valence-electron chi connectivity index (χ3n) is 8.72. The fourth-order valence-corrected chi connectivity index (χ4v) is 6.63. The van der Waals surface area contributed by atoms with Crippen LogP contribution in [0, 0.1) is 0 Å². The minimum atomic E-state index is 1.16. The Labute approximate surface area is 243 Å². The summed E-state index contributed by atoms with van der Waals surface area (Å²) in [4.78, 5) is 3.62. The summed E-state index contributed by atoms with van der Waals surface area (Å²) >= 11 is 0. The second-order valence-electron chi connectivity index (χ2n) is 11.1. The molecule has 7 aromatic carbocycles. The average molecular weight is 535 g/mol. The SMILES string of the molecule is c1ccc2cc(-c3ccc4[nH]c5ccc(-c6ccc(-n7c8ccccc8c8ccccc87)cc6)cc5c4c3)ccc2c1. The molecular formula is C40H26N2. The van der Waals surface area contributed by atoms with Crippen molar-refractivity contribution in [2.24, 2.45) is 0 Å². The lowest BCUT2D eigenvalue weighted by Crippen LogP contribution is -1.93. The highest BCUT2D eigenvalue weighted by atomic mass is 15.0. The molecule has 0 saturated carbocycles. The zero-order valence-electron chi connectivity index (χ0n) is 22.9. The molecule has 0 unspecified atom stereocenters. The fraction of sp³-hybridized carbons (Fsp3) is 0. The van der Waals surface area contributed by atoms with Crippen molar-refractivity contribution in [3.8, 4) is 27.9 Å². The number of para-hydroxylation sites is 2. The van der Waals surface area contributed by atoms with Gasteiger partial charge in [0.1, 0.15) is 0 Å². The van der Waals surface area contributed by atoms with Crippen LogP contribution in [0.15, 0.2) is 152 Å². The van der Waals surface area contributed by atoms with Gasteiger partial charge in [-0.1, -0.05) is 97.1 Å². The summed E-state index contributed by atoms with van der Waals surface area (Å²) < 4.78 is 2.37. The van der Waals surface area contributed by atoms with E-state index in [1.165, 1.54) is 71.3 Å². The predicted molar refractivity (Wildman–Crippen MR) is 179 cm³/mol. The number of H-pyrrole nitrogens is 1. The number of hydrogen-bond donors (Lipinski definition) is 1. The molecule has 2 aromatic heterocycles. The largest absolute Gasteiger partial charge is 0.355 e. The summed E-state index contributed by atoms with van der Waals surface area (Å²) in [6.45, 7) is 0. The van der Waals surface area contributed by atoms with E-state index < -0.39 is 0 Å². The maximum absolute atomic E-state index is 3.62. The minimum absolute atomic E-state index is 1.16. The maximum atomic E-state index is 3.62. The molecule has 0 fully saturated rings. The van der Waals surface area contributed by atoms with Crippen molar-refractivity contribution in [3.05, 3.63) is 152 Å². The Hall–Kier alpha value is -5.60. The zero-order valence-corrected chi connectivity index (χ0v) is 22.9. The maximum Gasteiger partial charge on any atom is 0.0541 e. The van der Waals surface area contributed by atoms with E-state index in [2.05, 4.69) is 161 Å². The Kier molecular flexibility index (Phi) is 4.93. The number of aromatic nitrogens is 2. The molecule has 0 spiro atoms. The van der Waals surface area contributed by atoms with Crippen LogP contribution in [-0.4, -0.2) is 9.55 Å². The third kappa shape index (κ3) is 3.52. The van der Waals surface area contributed by atoms with Crippen LogP contribution in [0.1, 0.15) is 0 Å². The monoisotopic (exact) mass is 534 g/mol. The molecule has 0 saturated heterocycles. The van der Waals surface area contributed by atoms with E-state index >= 15 is 0 Å². The fourth-order valence-electron chi connectivity index (χ4n) is 6.63. The van der Waals surface area contributed by atoms with Crippen LogP contribution in [0.5, 0.6) is 0 Å². The van der Waals surface area contributed by atoms with Gasteiger partial charge in [-0.2, -0.15) is 0 Å². The first-order chi connectivity index (χ1) is 20.8. The highest BCUT2D eigenvalue weighted by molar-refractivity contribution is 6.10. The van der Waals surface area contributed by atoms with Crippen LogP contribution in [0.3, 0.4) is 0 Å². The van der Waals surface area contributed by atoms with Crippen LogP contribution in [0.2, 0.25) is 0 Å². The van der Waals surface area contributed by atoms with Gasteiger partial charge < -0.3 is 9.55 Å². The zero-order chi connectivity index (χ0) is 27.6. The molecule has 0 aliphatic rings. The average Bonchev–Trinajstić information content (AvgIpc) is 3.59. The molecular weight excluding hydrogens is 508 g/mol. The number of fused-ring (bicyclic) bond motifs is 7. The van der Waals surface area contributed by atoms with Gasteiger partial charge in [0, 0.05) is 38.3 Å². The Morgan fingerprint density at radius 1 is 0.357 bits per heavy atom. The molecule has 2 nitrogen and oxygen atoms in total. The van der Waals surface area contributed by atoms with E-state index in [0.717, 1.165) is 11.0 Å². The summed E-state index contributed by atoms with van der Waals surface area (Å²) in [6.07, 6.45) is 0. The number of nitrogens with one attached hydrogen (secondary N) is 1. The number of rotatable bonds is 3. The lowest BCUT2D eigenvalue weighted by Gasteiger charge is -2.09. The van der Waals surface area contributed by atoms with Crippen LogP contribution in [0.25, 0.3) is 82.3 Å². The summed E-state index contributed by atoms with van der Waals surface area (Å²) in [5.74, 6) is 0. The summed E-state index contributed by atoms with van der Waals surface area (Å²) in [7, 11) is 0. The molecule has 0 amide bonds. The van der Waals surface area contributed by atoms with E-state index in [1.54, 1.807) is 0 Å². The highest BCUT2D eigenvalue weighted by Gasteiger charge is 2.12. The summed E-state index contributed by atoms with van der Waals surface area (Å²) in [5.41, 5.74) is 10.8. The molecule has 0 aliphatic heterocycles. The van der Waals surface area contributed by atoms with Gasteiger partial charge in [-0.05, 0) is 87.6 Å². The minimum Gasteiger partial charge on any atom is -0.355 e. The van der Waals surface area contributed by atoms with Crippen LogP contribution in [0.4, 0.5) is 0 Å². The van der Waals surface area contributed by atoms with Gasteiger partial charge in [0.25, 0.3) is 0 Å². The van der Waals surface area contributed by atoms with Gasteiger partial charge in [-0.15, -0.1) is 0 Å². The second kappa shape index (κ2) is 8.95. The Morgan fingerprint density at radius 2 is 0.857 bits per heavy atom. The van der Waals surface area contributed by atoms with Gasteiger partial charge in [0.2, 0.25) is 0 Å². The molecule has 0 bridgehead atoms. The third-order valence-corrected chi connectivity index (χ3v) is 8.72. The van der Waals surface area contributed by atoms with Gasteiger partial charge in [0.15, 0.2) is 0 Å². The van der Waals surface area contributed by atoms with Gasteiger partial charge in [-0.25, -0.2) is 0 Å². The molecule has 0 radical (unpaired) electrons. The first-order valence-corrected chi connectivity index (χ1v) is 14.4. The quantitative estimate of drug-likeness (QED) is 0.233. The van der Waals surface area contributed by atoms with Crippen molar-refractivity contribution in [2.75, 3.05) is 0 Å². The Bertz CT molecular complexity index is 2400. The first kappa shape index (κ1) is 23.1. The predicted octanol–water partition coefficient (Wildman–Crippen LogP) is 10.9.